The summed E-state index contributed by atoms with van der Waals surface area (Å²) in [5.74, 6) is -1.11. The number of aryl methyl sites for hydroxylation is 1. The summed E-state index contributed by atoms with van der Waals surface area (Å²) < 4.78 is 18.0. The molecule has 1 rings (SSSR count). The van der Waals surface area contributed by atoms with Gasteiger partial charge in [-0.1, -0.05) is 26.0 Å². The summed E-state index contributed by atoms with van der Waals surface area (Å²) in [6.45, 7) is 7.55. The molecule has 0 N–H and O–H groups in total. The highest BCUT2D eigenvalue weighted by atomic mass is 19.1. The quantitative estimate of drug-likeness (QED) is 0.703. The Morgan fingerprint density at radius 2 is 2.00 bits per heavy atom. The predicted molar refractivity (Wildman–Crippen MR) is 58.4 cm³/mol. The molecule has 0 atom stereocenters. The van der Waals surface area contributed by atoms with Crippen LogP contribution in [-0.4, -0.2) is 12.6 Å². The van der Waals surface area contributed by atoms with Crippen molar-refractivity contribution in [1.82, 2.24) is 0 Å². The first-order valence-corrected chi connectivity index (χ1v) is 5.09. The van der Waals surface area contributed by atoms with Gasteiger partial charge in [-0.05, 0) is 25.5 Å². The first kappa shape index (κ1) is 13.6. The fraction of sp³-hybridized carbons (Fsp3) is 0.417. The van der Waals surface area contributed by atoms with Gasteiger partial charge in [0.1, 0.15) is 5.82 Å². The fourth-order valence-corrected chi connectivity index (χ4v) is 1.01. The molecular formula is C12H17FO2. The number of hydrogen-bond acceptors (Lipinski definition) is 2. The molecule has 0 bridgehead atoms. The van der Waals surface area contributed by atoms with E-state index in [1.54, 1.807) is 26.0 Å². The molecule has 1 aromatic rings. The minimum Gasteiger partial charge on any atom is -0.462 e. The Hall–Kier alpha value is -1.38. The van der Waals surface area contributed by atoms with Gasteiger partial charge in [0.2, 0.25) is 0 Å². The molecule has 0 aliphatic rings. The summed E-state index contributed by atoms with van der Waals surface area (Å²) in [7, 11) is 0. The third kappa shape index (κ3) is 3.70. The molecule has 0 fully saturated rings. The molecule has 15 heavy (non-hydrogen) atoms. The molecule has 0 saturated heterocycles. The predicted octanol–water partition coefficient (Wildman–Crippen LogP) is 3.34. The van der Waals surface area contributed by atoms with Gasteiger partial charge in [0, 0.05) is 0 Å². The van der Waals surface area contributed by atoms with Crippen molar-refractivity contribution in [2.45, 2.75) is 27.7 Å². The van der Waals surface area contributed by atoms with Gasteiger partial charge in [-0.3, -0.25) is 0 Å². The van der Waals surface area contributed by atoms with Gasteiger partial charge in [0.15, 0.2) is 0 Å². The van der Waals surface area contributed by atoms with Crippen molar-refractivity contribution in [2.24, 2.45) is 0 Å². The Labute approximate surface area is 90.1 Å². The van der Waals surface area contributed by atoms with Crippen molar-refractivity contribution in [1.29, 1.82) is 0 Å². The second-order valence-electron chi connectivity index (χ2n) is 2.66. The van der Waals surface area contributed by atoms with E-state index < -0.39 is 11.8 Å². The topological polar surface area (TPSA) is 26.3 Å². The second kappa shape index (κ2) is 6.98. The summed E-state index contributed by atoms with van der Waals surface area (Å²) in [5.41, 5.74) is 0.451. The number of rotatable bonds is 2. The van der Waals surface area contributed by atoms with Gasteiger partial charge < -0.3 is 4.74 Å². The second-order valence-corrected chi connectivity index (χ2v) is 2.66. The van der Waals surface area contributed by atoms with Gasteiger partial charge in [-0.25, -0.2) is 9.18 Å². The average molecular weight is 212 g/mol. The molecule has 0 aromatic heterocycles. The molecule has 0 radical (unpaired) electrons. The van der Waals surface area contributed by atoms with Crippen LogP contribution in [0.2, 0.25) is 0 Å². The average Bonchev–Trinajstić information content (AvgIpc) is 2.25. The molecule has 3 heteroatoms. The maximum atomic E-state index is 13.3. The SMILES string of the molecule is CC.CCOC(=O)c1cccc(C)c1F. The van der Waals surface area contributed by atoms with Gasteiger partial charge in [0.05, 0.1) is 12.2 Å². The van der Waals surface area contributed by atoms with Gasteiger partial charge in [-0.15, -0.1) is 0 Å². The highest BCUT2D eigenvalue weighted by molar-refractivity contribution is 5.89. The largest absolute Gasteiger partial charge is 0.462 e. The maximum Gasteiger partial charge on any atom is 0.341 e. The smallest absolute Gasteiger partial charge is 0.341 e. The summed E-state index contributed by atoms with van der Waals surface area (Å²) in [6, 6.07) is 4.66. The van der Waals surface area contributed by atoms with Crippen LogP contribution >= 0.6 is 0 Å². The van der Waals surface area contributed by atoms with E-state index in [1.165, 1.54) is 6.07 Å². The molecule has 0 aliphatic carbocycles. The van der Waals surface area contributed by atoms with Crippen LogP contribution in [0.1, 0.15) is 36.7 Å². The van der Waals surface area contributed by atoms with E-state index in [0.29, 0.717) is 5.56 Å². The molecule has 0 unspecified atom stereocenters. The van der Waals surface area contributed by atoms with Crippen LogP contribution in [0.4, 0.5) is 4.39 Å². The van der Waals surface area contributed by atoms with Crippen molar-refractivity contribution >= 4 is 5.97 Å². The lowest BCUT2D eigenvalue weighted by Gasteiger charge is -2.04. The van der Waals surface area contributed by atoms with Crippen LogP contribution < -0.4 is 0 Å². The Bertz CT molecular complexity index is 321. The standard InChI is InChI=1S/C10H11FO2.C2H6/c1-3-13-10(12)8-6-4-5-7(2)9(8)11;1-2/h4-6H,3H2,1-2H3;1-2H3. The monoisotopic (exact) mass is 212 g/mol. The number of esters is 1. The molecule has 1 aromatic carbocycles. The maximum absolute atomic E-state index is 13.3. The van der Waals surface area contributed by atoms with E-state index in [2.05, 4.69) is 4.74 Å². The number of carbonyl (C=O) groups is 1. The number of carbonyl (C=O) groups excluding carboxylic acids is 1. The lowest BCUT2D eigenvalue weighted by Crippen LogP contribution is -2.07. The van der Waals surface area contributed by atoms with Crippen molar-refractivity contribution in [3.63, 3.8) is 0 Å². The first-order valence-electron chi connectivity index (χ1n) is 5.09. The summed E-state index contributed by atoms with van der Waals surface area (Å²) >= 11 is 0. The fourth-order valence-electron chi connectivity index (χ4n) is 1.01. The van der Waals surface area contributed by atoms with Gasteiger partial charge in [-0.2, -0.15) is 0 Å². The van der Waals surface area contributed by atoms with E-state index in [9.17, 15) is 9.18 Å². The Kier molecular flexibility index (Phi) is 6.34. The molecular weight excluding hydrogens is 195 g/mol. The molecule has 0 amide bonds. The van der Waals surface area contributed by atoms with E-state index in [-0.39, 0.29) is 12.2 Å². The van der Waals surface area contributed by atoms with Crippen LogP contribution in [-0.2, 0) is 4.74 Å². The van der Waals surface area contributed by atoms with E-state index in [0.717, 1.165) is 0 Å². The highest BCUT2D eigenvalue weighted by Gasteiger charge is 2.13. The van der Waals surface area contributed by atoms with Crippen LogP contribution in [0.3, 0.4) is 0 Å². The molecule has 0 aliphatic heterocycles. The van der Waals surface area contributed by atoms with Crippen molar-refractivity contribution < 1.29 is 13.9 Å². The zero-order valence-electron chi connectivity index (χ0n) is 9.63. The Balaban J connectivity index is 0.000000921. The highest BCUT2D eigenvalue weighted by Crippen LogP contribution is 2.12. The molecule has 84 valence electrons. The van der Waals surface area contributed by atoms with Crippen molar-refractivity contribution in [3.05, 3.63) is 35.1 Å². The molecule has 0 heterocycles. The lowest BCUT2D eigenvalue weighted by atomic mass is 10.1. The van der Waals surface area contributed by atoms with Crippen LogP contribution in [0, 0.1) is 12.7 Å². The summed E-state index contributed by atoms with van der Waals surface area (Å²) in [6.07, 6.45) is 0. The third-order valence-corrected chi connectivity index (χ3v) is 1.69. The third-order valence-electron chi connectivity index (χ3n) is 1.69. The van der Waals surface area contributed by atoms with E-state index in [1.807, 2.05) is 13.8 Å². The van der Waals surface area contributed by atoms with E-state index in [4.69, 9.17) is 0 Å². The zero-order valence-corrected chi connectivity index (χ0v) is 9.63. The normalized spacial score (nSPS) is 8.87. The number of benzene rings is 1. The van der Waals surface area contributed by atoms with Crippen molar-refractivity contribution in [2.75, 3.05) is 6.61 Å². The van der Waals surface area contributed by atoms with Crippen LogP contribution in [0.25, 0.3) is 0 Å². The number of hydrogen-bond donors (Lipinski definition) is 0. The Morgan fingerprint density at radius 3 is 2.53 bits per heavy atom. The molecule has 2 nitrogen and oxygen atoms in total. The van der Waals surface area contributed by atoms with Gasteiger partial charge in [0.25, 0.3) is 0 Å². The van der Waals surface area contributed by atoms with E-state index >= 15 is 0 Å². The summed E-state index contributed by atoms with van der Waals surface area (Å²) in [5, 5.41) is 0. The summed E-state index contributed by atoms with van der Waals surface area (Å²) in [4.78, 5) is 11.2. The van der Waals surface area contributed by atoms with Crippen LogP contribution in [0.15, 0.2) is 18.2 Å². The first-order chi connectivity index (χ1) is 7.16. The molecule has 0 saturated carbocycles. The molecule has 0 spiro atoms. The Morgan fingerprint density at radius 1 is 1.40 bits per heavy atom. The lowest BCUT2D eigenvalue weighted by molar-refractivity contribution is 0.0521. The minimum absolute atomic E-state index is 0.00171. The number of halogens is 1. The van der Waals surface area contributed by atoms with Crippen molar-refractivity contribution in [3.8, 4) is 0 Å². The minimum atomic E-state index is -0.608. The zero-order chi connectivity index (χ0) is 11.8. The van der Waals surface area contributed by atoms with Crippen LogP contribution in [0.5, 0.6) is 0 Å². The van der Waals surface area contributed by atoms with Gasteiger partial charge >= 0.3 is 5.97 Å². The number of ether oxygens (including phenoxy) is 1.